The van der Waals surface area contributed by atoms with E-state index < -0.39 is 5.91 Å². The summed E-state index contributed by atoms with van der Waals surface area (Å²) < 4.78 is 12.9. The number of hydrogen-bond donors (Lipinski definition) is 2. The monoisotopic (exact) mass is 375 g/mol. The van der Waals surface area contributed by atoms with Gasteiger partial charge in [0.1, 0.15) is 11.5 Å². The number of hydrogen-bond acceptors (Lipinski definition) is 3. The van der Waals surface area contributed by atoms with Crippen LogP contribution in [0.2, 0.25) is 10.0 Å². The maximum atomic E-state index is 12.9. The van der Waals surface area contributed by atoms with E-state index in [0.717, 1.165) is 0 Å². The number of amides is 1. The molecule has 0 fully saturated rings. The molecule has 1 amide bonds. The summed E-state index contributed by atoms with van der Waals surface area (Å²) in [5.74, 6) is -0.784. The van der Waals surface area contributed by atoms with E-state index in [0.29, 0.717) is 27.1 Å². The second-order valence-corrected chi connectivity index (χ2v) is 5.90. The highest BCUT2D eigenvalue weighted by Crippen LogP contribution is 2.31. The van der Waals surface area contributed by atoms with Gasteiger partial charge in [-0.2, -0.15) is 0 Å². The van der Waals surface area contributed by atoms with E-state index in [4.69, 9.17) is 23.2 Å². The van der Waals surface area contributed by atoms with Crippen LogP contribution in [-0.4, -0.2) is 10.9 Å². The zero-order valence-corrected chi connectivity index (χ0v) is 14.3. The molecule has 0 saturated carbocycles. The van der Waals surface area contributed by atoms with Crippen molar-refractivity contribution in [2.24, 2.45) is 0 Å². The van der Waals surface area contributed by atoms with Gasteiger partial charge in [0.25, 0.3) is 5.91 Å². The van der Waals surface area contributed by atoms with Crippen molar-refractivity contribution in [1.82, 2.24) is 4.98 Å². The van der Waals surface area contributed by atoms with Crippen LogP contribution in [0.5, 0.6) is 0 Å². The molecule has 3 rings (SSSR count). The summed E-state index contributed by atoms with van der Waals surface area (Å²) in [5, 5.41) is 6.56. The SMILES string of the molecule is O=C(Nc1ccc(F)cc1)c1cc(Nc2cccc(Cl)c2Cl)ccn1. The van der Waals surface area contributed by atoms with Gasteiger partial charge in [0, 0.05) is 17.6 Å². The summed E-state index contributed by atoms with van der Waals surface area (Å²) in [4.78, 5) is 16.3. The highest BCUT2D eigenvalue weighted by Gasteiger charge is 2.10. The Morgan fingerprint density at radius 3 is 2.52 bits per heavy atom. The zero-order valence-electron chi connectivity index (χ0n) is 12.8. The Labute approximate surface area is 153 Å². The second kappa shape index (κ2) is 7.51. The van der Waals surface area contributed by atoms with Crippen molar-refractivity contribution in [2.75, 3.05) is 10.6 Å². The molecule has 4 nitrogen and oxygen atoms in total. The molecule has 3 aromatic rings. The highest BCUT2D eigenvalue weighted by molar-refractivity contribution is 6.43. The Kier molecular flexibility index (Phi) is 5.16. The number of nitrogens with one attached hydrogen (secondary N) is 2. The van der Waals surface area contributed by atoms with E-state index in [-0.39, 0.29) is 11.5 Å². The smallest absolute Gasteiger partial charge is 0.274 e. The van der Waals surface area contributed by atoms with Gasteiger partial charge >= 0.3 is 0 Å². The number of nitrogens with zero attached hydrogens (tertiary/aromatic N) is 1. The quantitative estimate of drug-likeness (QED) is 0.630. The first-order valence-electron chi connectivity index (χ1n) is 7.27. The molecule has 2 aromatic carbocycles. The van der Waals surface area contributed by atoms with E-state index in [2.05, 4.69) is 15.6 Å². The van der Waals surface area contributed by atoms with Gasteiger partial charge in [0.15, 0.2) is 0 Å². The van der Waals surface area contributed by atoms with Gasteiger partial charge in [0.2, 0.25) is 0 Å². The van der Waals surface area contributed by atoms with Crippen LogP contribution in [0.4, 0.5) is 21.5 Å². The number of halogens is 3. The number of rotatable bonds is 4. The fourth-order valence-electron chi connectivity index (χ4n) is 2.12. The molecule has 0 bridgehead atoms. The second-order valence-electron chi connectivity index (χ2n) is 5.12. The van der Waals surface area contributed by atoms with Crippen LogP contribution in [-0.2, 0) is 0 Å². The van der Waals surface area contributed by atoms with Crippen molar-refractivity contribution in [3.05, 3.63) is 82.4 Å². The van der Waals surface area contributed by atoms with E-state index in [1.807, 2.05) is 0 Å². The first kappa shape index (κ1) is 17.2. The lowest BCUT2D eigenvalue weighted by molar-refractivity contribution is 0.102. The van der Waals surface area contributed by atoms with Crippen LogP contribution in [0, 0.1) is 5.82 Å². The molecule has 0 aliphatic heterocycles. The van der Waals surface area contributed by atoms with Gasteiger partial charge < -0.3 is 10.6 Å². The third kappa shape index (κ3) is 4.26. The van der Waals surface area contributed by atoms with Gasteiger partial charge in [-0.25, -0.2) is 4.39 Å². The summed E-state index contributed by atoms with van der Waals surface area (Å²) in [6, 6.07) is 14.0. The van der Waals surface area contributed by atoms with Crippen LogP contribution in [0.15, 0.2) is 60.8 Å². The standard InChI is InChI=1S/C18H12Cl2FN3O/c19-14-2-1-3-15(17(14)20)23-13-8-9-22-16(10-13)18(25)24-12-6-4-11(21)5-7-12/h1-10H,(H,22,23)(H,24,25). The third-order valence-electron chi connectivity index (χ3n) is 3.33. The molecule has 0 aliphatic carbocycles. The summed E-state index contributed by atoms with van der Waals surface area (Å²) in [6.07, 6.45) is 1.50. The van der Waals surface area contributed by atoms with Crippen molar-refractivity contribution >= 4 is 46.2 Å². The lowest BCUT2D eigenvalue weighted by atomic mass is 10.2. The van der Waals surface area contributed by atoms with Crippen molar-refractivity contribution < 1.29 is 9.18 Å². The van der Waals surface area contributed by atoms with Gasteiger partial charge in [-0.15, -0.1) is 0 Å². The van der Waals surface area contributed by atoms with Crippen molar-refractivity contribution in [3.8, 4) is 0 Å². The molecular weight excluding hydrogens is 364 g/mol. The van der Waals surface area contributed by atoms with Crippen LogP contribution in [0.1, 0.15) is 10.5 Å². The Bertz CT molecular complexity index is 916. The van der Waals surface area contributed by atoms with E-state index in [9.17, 15) is 9.18 Å². The van der Waals surface area contributed by atoms with Crippen LogP contribution >= 0.6 is 23.2 Å². The van der Waals surface area contributed by atoms with E-state index >= 15 is 0 Å². The van der Waals surface area contributed by atoms with Crippen molar-refractivity contribution in [2.45, 2.75) is 0 Å². The Balaban J connectivity index is 1.77. The largest absolute Gasteiger partial charge is 0.354 e. The van der Waals surface area contributed by atoms with Gasteiger partial charge in [0.05, 0.1) is 15.7 Å². The first-order valence-corrected chi connectivity index (χ1v) is 8.02. The number of carbonyl (C=O) groups excluding carboxylic acids is 1. The average molecular weight is 376 g/mol. The maximum Gasteiger partial charge on any atom is 0.274 e. The molecule has 0 atom stereocenters. The minimum atomic E-state index is -0.410. The summed E-state index contributed by atoms with van der Waals surface area (Å²) >= 11 is 12.1. The fraction of sp³-hybridized carbons (Fsp3) is 0. The average Bonchev–Trinajstić information content (AvgIpc) is 2.61. The molecule has 2 N–H and O–H groups in total. The fourth-order valence-corrected chi connectivity index (χ4v) is 2.46. The normalized spacial score (nSPS) is 10.4. The molecule has 0 unspecified atom stereocenters. The Morgan fingerprint density at radius 1 is 1.00 bits per heavy atom. The lowest BCUT2D eigenvalue weighted by Gasteiger charge is -2.10. The summed E-state index contributed by atoms with van der Waals surface area (Å²) in [5.41, 5.74) is 1.92. The molecule has 0 radical (unpaired) electrons. The van der Waals surface area contributed by atoms with E-state index in [1.165, 1.54) is 30.5 Å². The maximum absolute atomic E-state index is 12.9. The van der Waals surface area contributed by atoms with Gasteiger partial charge in [-0.3, -0.25) is 9.78 Å². The zero-order chi connectivity index (χ0) is 17.8. The van der Waals surface area contributed by atoms with Crippen LogP contribution in [0.25, 0.3) is 0 Å². The van der Waals surface area contributed by atoms with Crippen molar-refractivity contribution in [3.63, 3.8) is 0 Å². The molecule has 0 spiro atoms. The summed E-state index contributed by atoms with van der Waals surface area (Å²) in [6.45, 7) is 0. The minimum Gasteiger partial charge on any atom is -0.354 e. The molecule has 126 valence electrons. The molecule has 1 heterocycles. The number of benzene rings is 2. The molecule has 1 aromatic heterocycles. The number of aromatic nitrogens is 1. The van der Waals surface area contributed by atoms with Gasteiger partial charge in [-0.1, -0.05) is 29.3 Å². The molecule has 0 aliphatic rings. The number of anilines is 3. The predicted octanol–water partition coefficient (Wildman–Crippen LogP) is 5.52. The Morgan fingerprint density at radius 2 is 1.76 bits per heavy atom. The van der Waals surface area contributed by atoms with Crippen LogP contribution < -0.4 is 10.6 Å². The predicted molar refractivity (Wildman–Crippen MR) is 98.3 cm³/mol. The molecule has 7 heteroatoms. The summed E-state index contributed by atoms with van der Waals surface area (Å²) in [7, 11) is 0. The third-order valence-corrected chi connectivity index (χ3v) is 4.14. The van der Waals surface area contributed by atoms with Gasteiger partial charge in [-0.05, 0) is 48.5 Å². The Hall–Kier alpha value is -2.63. The number of pyridine rings is 1. The topological polar surface area (TPSA) is 54.0 Å². The molecular formula is C18H12Cl2FN3O. The minimum absolute atomic E-state index is 0.201. The highest BCUT2D eigenvalue weighted by atomic mass is 35.5. The van der Waals surface area contributed by atoms with Crippen LogP contribution in [0.3, 0.4) is 0 Å². The number of carbonyl (C=O) groups is 1. The van der Waals surface area contributed by atoms with E-state index in [1.54, 1.807) is 30.3 Å². The first-order chi connectivity index (χ1) is 12.0. The molecule has 0 saturated heterocycles. The van der Waals surface area contributed by atoms with Crippen molar-refractivity contribution in [1.29, 1.82) is 0 Å². The molecule has 25 heavy (non-hydrogen) atoms. The lowest BCUT2D eigenvalue weighted by Crippen LogP contribution is -2.13.